The highest BCUT2D eigenvalue weighted by Gasteiger charge is 2.37. The first kappa shape index (κ1) is 31.9. The largest absolute Gasteiger partial charge is 0.494 e. The molecule has 0 radical (unpaired) electrons. The molecule has 44 heavy (non-hydrogen) atoms. The quantitative estimate of drug-likeness (QED) is 0.192. The van der Waals surface area contributed by atoms with Gasteiger partial charge >= 0.3 is 7.82 Å². The van der Waals surface area contributed by atoms with Gasteiger partial charge in [-0.25, -0.2) is 13.9 Å². The Hall–Kier alpha value is -3.48. The van der Waals surface area contributed by atoms with Gasteiger partial charge in [0.05, 0.1) is 29.1 Å². The maximum absolute atomic E-state index is 14.5. The average molecular weight is 649 g/mol. The van der Waals surface area contributed by atoms with Crippen LogP contribution < -0.4 is 16.0 Å². The molecule has 0 unspecified atom stereocenters. The van der Waals surface area contributed by atoms with Gasteiger partial charge < -0.3 is 15.5 Å². The summed E-state index contributed by atoms with van der Waals surface area (Å²) in [6, 6.07) is 7.28. The highest BCUT2D eigenvalue weighted by molar-refractivity contribution is 7.48. The minimum Gasteiger partial charge on any atom is -0.494 e. The van der Waals surface area contributed by atoms with Crippen molar-refractivity contribution in [1.82, 2.24) is 19.2 Å². The molecule has 0 aliphatic heterocycles. The number of halogens is 2. The van der Waals surface area contributed by atoms with Crippen molar-refractivity contribution in [3.63, 3.8) is 0 Å². The second-order valence-electron chi connectivity index (χ2n) is 12.4. The Labute approximate surface area is 258 Å². The lowest BCUT2D eigenvalue weighted by Gasteiger charge is -2.30. The number of fused-ring (bicyclic) bond motifs is 1. The molecule has 0 bridgehead atoms. The van der Waals surface area contributed by atoms with E-state index in [1.54, 1.807) is 58.2 Å². The van der Waals surface area contributed by atoms with Crippen LogP contribution in [0.15, 0.2) is 41.5 Å². The van der Waals surface area contributed by atoms with E-state index in [1.807, 2.05) is 0 Å². The number of aromatic hydroxyl groups is 2. The smallest absolute Gasteiger partial charge is 0.477 e. The standard InChI is InChI=1S/C29H35ClFN6O6P/c1-28(2,3)42-44(40,43-29(4,5)6)41-16-36-25(38)12-17(27(36)39)11-18-15-32-37-24(33-20-8-9-20)14-23(35-26(18)37)34-22-13-19(30)7-10-21(22)31/h7,10-15,20,34,38-39H,8-9,16H2,1-6H3. The lowest BCUT2D eigenvalue weighted by Crippen LogP contribution is -2.25. The van der Waals surface area contributed by atoms with Crippen LogP contribution in [0.4, 0.5) is 15.9 Å². The number of hydrogen-bond donors (Lipinski definition) is 3. The molecular formula is C29H35ClFN6O6P. The number of rotatable bonds is 9. The Bertz CT molecular complexity index is 1860. The molecule has 1 saturated carbocycles. The number of phosphoric ester groups is 1. The zero-order valence-corrected chi connectivity index (χ0v) is 26.9. The number of nitrogens with one attached hydrogen (secondary N) is 1. The van der Waals surface area contributed by atoms with Crippen LogP contribution in [0.3, 0.4) is 0 Å². The molecule has 0 spiro atoms. The zero-order chi connectivity index (χ0) is 32.0. The van der Waals surface area contributed by atoms with E-state index >= 15 is 0 Å². The van der Waals surface area contributed by atoms with Crippen LogP contribution in [0.5, 0.6) is 11.8 Å². The minimum atomic E-state index is -4.13. The van der Waals surface area contributed by atoms with E-state index in [4.69, 9.17) is 30.2 Å². The molecule has 236 valence electrons. The summed E-state index contributed by atoms with van der Waals surface area (Å²) in [6.45, 7) is 9.67. The van der Waals surface area contributed by atoms with Gasteiger partial charge in [0, 0.05) is 27.9 Å². The van der Waals surface area contributed by atoms with Gasteiger partial charge in [0.25, 0.3) is 0 Å². The van der Waals surface area contributed by atoms with Crippen LogP contribution in [0, 0.1) is 5.82 Å². The number of anilines is 2. The number of benzene rings is 1. The van der Waals surface area contributed by atoms with Crippen molar-refractivity contribution in [2.45, 2.75) is 78.4 Å². The Morgan fingerprint density at radius 2 is 1.82 bits per heavy atom. The molecule has 3 aromatic heterocycles. The fourth-order valence-corrected chi connectivity index (χ4v) is 6.07. The minimum absolute atomic E-state index is 0.138. The Balaban J connectivity index is 1.51. The van der Waals surface area contributed by atoms with Crippen molar-refractivity contribution in [1.29, 1.82) is 0 Å². The van der Waals surface area contributed by atoms with Crippen LogP contribution in [-0.4, -0.2) is 46.6 Å². The molecule has 0 saturated heterocycles. The molecule has 1 aliphatic carbocycles. The van der Waals surface area contributed by atoms with Crippen molar-refractivity contribution < 1.29 is 32.7 Å². The van der Waals surface area contributed by atoms with Crippen molar-refractivity contribution >= 4 is 42.7 Å². The molecule has 1 aromatic carbocycles. The van der Waals surface area contributed by atoms with Gasteiger partial charge in [0.2, 0.25) is 5.88 Å². The summed E-state index contributed by atoms with van der Waals surface area (Å²) < 4.78 is 47.3. The number of hydrogen-bond acceptors (Lipinski definition) is 10. The molecule has 15 heteroatoms. The van der Waals surface area contributed by atoms with E-state index in [9.17, 15) is 19.2 Å². The maximum Gasteiger partial charge on any atom is 0.477 e. The fraction of sp³-hybridized carbons (Fsp3) is 0.414. The summed E-state index contributed by atoms with van der Waals surface area (Å²) in [5.74, 6) is -0.941. The third-order valence-corrected chi connectivity index (χ3v) is 8.24. The molecule has 0 atom stereocenters. The maximum atomic E-state index is 14.5. The van der Waals surface area contributed by atoms with E-state index in [-0.39, 0.29) is 29.1 Å². The molecule has 1 aliphatic rings. The predicted octanol–water partition coefficient (Wildman–Crippen LogP) is 5.80. The second-order valence-corrected chi connectivity index (χ2v) is 14.4. The molecule has 12 nitrogen and oxygen atoms in total. The third-order valence-electron chi connectivity index (χ3n) is 6.04. The average Bonchev–Trinajstić information content (AvgIpc) is 3.54. The Kier molecular flexibility index (Phi) is 8.56. The SMILES string of the molecule is CC(C)(C)OP(=O)(OCn1c(O)cc(C=c2cnn3c(=NC4CC4)cc(Nc4cc(Cl)ccc4F)nc23)c1O)OC(C)(C)C. The van der Waals surface area contributed by atoms with Crippen LogP contribution in [0.2, 0.25) is 5.02 Å². The molecule has 4 aromatic rings. The first-order valence-electron chi connectivity index (χ1n) is 13.9. The van der Waals surface area contributed by atoms with Gasteiger partial charge in [-0.15, -0.1) is 0 Å². The number of nitrogens with zero attached hydrogens (tertiary/aromatic N) is 5. The van der Waals surface area contributed by atoms with Gasteiger partial charge in [0.1, 0.15) is 18.4 Å². The lowest BCUT2D eigenvalue weighted by atomic mass is 10.2. The van der Waals surface area contributed by atoms with E-state index in [2.05, 4.69) is 15.4 Å². The lowest BCUT2D eigenvalue weighted by molar-refractivity contribution is -0.00732. The highest BCUT2D eigenvalue weighted by Crippen LogP contribution is 2.56. The highest BCUT2D eigenvalue weighted by atomic mass is 35.5. The number of phosphoric acid groups is 1. The van der Waals surface area contributed by atoms with Gasteiger partial charge in [-0.05, 0) is 78.7 Å². The van der Waals surface area contributed by atoms with Gasteiger partial charge in [-0.1, -0.05) is 11.6 Å². The van der Waals surface area contributed by atoms with Crippen molar-refractivity contribution in [2.75, 3.05) is 5.32 Å². The molecule has 5 rings (SSSR count). The first-order valence-corrected chi connectivity index (χ1v) is 15.8. The third kappa shape index (κ3) is 7.77. The van der Waals surface area contributed by atoms with Crippen LogP contribution in [0.25, 0.3) is 11.7 Å². The summed E-state index contributed by atoms with van der Waals surface area (Å²) in [5, 5.41) is 29.9. The van der Waals surface area contributed by atoms with Gasteiger partial charge in [0.15, 0.2) is 17.0 Å². The van der Waals surface area contributed by atoms with E-state index < -0.39 is 31.6 Å². The van der Waals surface area contributed by atoms with E-state index in [1.165, 1.54) is 30.5 Å². The monoisotopic (exact) mass is 648 g/mol. The predicted molar refractivity (Wildman–Crippen MR) is 163 cm³/mol. The second kappa shape index (κ2) is 11.8. The molecule has 0 amide bonds. The van der Waals surface area contributed by atoms with Crippen LogP contribution in [0.1, 0.15) is 59.9 Å². The normalized spacial score (nSPS) is 15.5. The van der Waals surface area contributed by atoms with Crippen molar-refractivity contribution in [2.24, 2.45) is 4.99 Å². The van der Waals surface area contributed by atoms with Crippen LogP contribution >= 0.6 is 19.4 Å². The summed E-state index contributed by atoms with van der Waals surface area (Å²) in [7, 11) is -4.13. The van der Waals surface area contributed by atoms with Gasteiger partial charge in [-0.3, -0.25) is 23.1 Å². The first-order chi connectivity index (χ1) is 20.5. The molecule has 1 fully saturated rings. The van der Waals surface area contributed by atoms with Crippen LogP contribution in [-0.2, 0) is 24.9 Å². The molecular weight excluding hydrogens is 614 g/mol. The Morgan fingerprint density at radius 3 is 2.45 bits per heavy atom. The summed E-state index contributed by atoms with van der Waals surface area (Å²) in [5.41, 5.74) is -0.525. The molecule has 3 N–H and O–H groups in total. The number of aromatic nitrogens is 4. The van der Waals surface area contributed by atoms with Crippen molar-refractivity contribution in [3.05, 3.63) is 63.6 Å². The zero-order valence-electron chi connectivity index (χ0n) is 25.2. The van der Waals surface area contributed by atoms with E-state index in [0.717, 1.165) is 17.4 Å². The summed E-state index contributed by atoms with van der Waals surface area (Å²) in [6.07, 6.45) is 4.99. The summed E-state index contributed by atoms with van der Waals surface area (Å²) >= 11 is 6.07. The topological polar surface area (TPSA) is 145 Å². The van der Waals surface area contributed by atoms with Crippen molar-refractivity contribution in [3.8, 4) is 11.8 Å². The van der Waals surface area contributed by atoms with E-state index in [0.29, 0.717) is 27.2 Å². The van der Waals surface area contributed by atoms with Gasteiger partial charge in [-0.2, -0.15) is 9.61 Å². The fourth-order valence-electron chi connectivity index (χ4n) is 4.16. The summed E-state index contributed by atoms with van der Waals surface area (Å²) in [4.78, 5) is 9.35. The Morgan fingerprint density at radius 1 is 1.14 bits per heavy atom. The molecule has 3 heterocycles.